The third kappa shape index (κ3) is 4.82. The number of hydrogen-bond acceptors (Lipinski definition) is 2. The molecule has 0 fully saturated rings. The number of nitrogens with one attached hydrogen (secondary N) is 1. The first kappa shape index (κ1) is 36.5. The standard InChI is InChI=1S/C58H49BN2S/c1-32-27-42-43(57(4,5)26-25-56(42,2)3)31-46(32)60-45-24-23-38-36-18-11-13-22-49(36)62-55(38)50(45)51-52-40(35-17-10-12-20-41(35)58(52,6)7)30-48-53(51)59-44-21-14-19-37-39-28-33-15-8-9-16-34(33)29-47(39)61(48)54(37)44/h8-24,27-31,59-60H,25-26H2,1-7H3. The van der Waals surface area contributed by atoms with Gasteiger partial charge in [-0.25, -0.2) is 0 Å². The van der Waals surface area contributed by atoms with Crippen LogP contribution in [0.5, 0.6) is 0 Å². The Hall–Kier alpha value is -6.10. The molecule has 8 aromatic carbocycles. The third-order valence-corrected chi connectivity index (χ3v) is 16.7. The second kappa shape index (κ2) is 12.3. The molecule has 3 aliphatic rings. The van der Waals surface area contributed by atoms with Crippen LogP contribution in [0, 0.1) is 6.92 Å². The lowest BCUT2D eigenvalue weighted by Crippen LogP contribution is -2.38. The zero-order valence-corrected chi connectivity index (χ0v) is 37.5. The summed E-state index contributed by atoms with van der Waals surface area (Å²) in [6.45, 7) is 17.0. The number of aromatic nitrogens is 1. The maximum absolute atomic E-state index is 4.22. The van der Waals surface area contributed by atoms with Gasteiger partial charge in [0.05, 0.1) is 5.52 Å². The second-order valence-corrected chi connectivity index (χ2v) is 21.5. The maximum atomic E-state index is 4.22. The number of rotatable bonds is 3. The maximum Gasteiger partial charge on any atom is 0.198 e. The van der Waals surface area contributed by atoms with Crippen molar-refractivity contribution >= 4 is 93.7 Å². The SMILES string of the molecule is Cc1cc2c(cc1Nc1ccc3c(sc4ccccc43)c1-c1c3c(cc4c1C(C)(C)c1ccccc1-4)-n1c4cc5ccccc5cc4c4cccc(c41)B3)C(C)(C)CCC2(C)C. The largest absolute Gasteiger partial charge is 0.355 e. The zero-order chi connectivity index (χ0) is 42.0. The van der Waals surface area contributed by atoms with Crippen LogP contribution in [0.3, 0.4) is 0 Å². The average Bonchev–Trinajstić information content (AvgIpc) is 3.88. The van der Waals surface area contributed by atoms with Gasteiger partial charge < -0.3 is 9.88 Å². The Morgan fingerprint density at radius 2 is 1.29 bits per heavy atom. The quantitative estimate of drug-likeness (QED) is 0.176. The lowest BCUT2D eigenvalue weighted by Gasteiger charge is -2.42. The molecule has 10 aromatic rings. The Labute approximate surface area is 368 Å². The Kier molecular flexibility index (Phi) is 7.25. The van der Waals surface area contributed by atoms with Gasteiger partial charge in [0.25, 0.3) is 0 Å². The van der Waals surface area contributed by atoms with E-state index >= 15 is 0 Å². The molecule has 3 heterocycles. The van der Waals surface area contributed by atoms with Crippen LogP contribution in [0.4, 0.5) is 11.4 Å². The van der Waals surface area contributed by atoms with Gasteiger partial charge in [0.15, 0.2) is 7.28 Å². The molecule has 0 amide bonds. The Bertz CT molecular complexity index is 3630. The van der Waals surface area contributed by atoms with Gasteiger partial charge in [-0.05, 0) is 128 Å². The van der Waals surface area contributed by atoms with E-state index < -0.39 is 0 Å². The number of hydrogen-bond donors (Lipinski definition) is 1. The number of anilines is 2. The second-order valence-electron chi connectivity index (χ2n) is 20.5. The lowest BCUT2D eigenvalue weighted by molar-refractivity contribution is 0.332. The highest BCUT2D eigenvalue weighted by Gasteiger charge is 2.42. The first-order valence-electron chi connectivity index (χ1n) is 22.5. The van der Waals surface area contributed by atoms with E-state index in [9.17, 15) is 0 Å². The summed E-state index contributed by atoms with van der Waals surface area (Å²) in [5.41, 5.74) is 21.7. The molecule has 4 heteroatoms. The van der Waals surface area contributed by atoms with Gasteiger partial charge in [-0.1, -0.05) is 144 Å². The minimum Gasteiger partial charge on any atom is -0.355 e. The highest BCUT2D eigenvalue weighted by Crippen LogP contribution is 2.56. The van der Waals surface area contributed by atoms with E-state index in [0.29, 0.717) is 0 Å². The number of nitrogens with zero attached hydrogens (tertiary/aromatic N) is 1. The normalized spacial score (nSPS) is 16.4. The van der Waals surface area contributed by atoms with E-state index in [0.717, 1.165) is 7.28 Å². The fourth-order valence-corrected chi connectivity index (χ4v) is 13.4. The average molecular weight is 817 g/mol. The topological polar surface area (TPSA) is 17.0 Å². The molecule has 2 nitrogen and oxygen atoms in total. The fraction of sp³-hybridized carbons (Fsp3) is 0.207. The van der Waals surface area contributed by atoms with E-state index in [-0.39, 0.29) is 16.2 Å². The summed E-state index contributed by atoms with van der Waals surface area (Å²) < 4.78 is 5.32. The van der Waals surface area contributed by atoms with Gasteiger partial charge in [-0.2, -0.15) is 0 Å². The first-order chi connectivity index (χ1) is 29.9. The van der Waals surface area contributed by atoms with Crippen molar-refractivity contribution in [1.29, 1.82) is 0 Å². The summed E-state index contributed by atoms with van der Waals surface area (Å²) in [6.07, 6.45) is 2.39. The van der Waals surface area contributed by atoms with Crippen LogP contribution >= 0.6 is 11.3 Å². The number of aryl methyl sites for hydroxylation is 1. The van der Waals surface area contributed by atoms with Crippen LogP contribution in [0.2, 0.25) is 0 Å². The summed E-state index contributed by atoms with van der Waals surface area (Å²) in [5.74, 6) is 0. The summed E-state index contributed by atoms with van der Waals surface area (Å²) in [6, 6.07) is 51.3. The van der Waals surface area contributed by atoms with Crippen molar-refractivity contribution in [3.8, 4) is 27.9 Å². The minimum absolute atomic E-state index is 0.103. The van der Waals surface area contributed by atoms with Crippen LogP contribution in [0.15, 0.2) is 133 Å². The molecule has 0 atom stereocenters. The van der Waals surface area contributed by atoms with Crippen LogP contribution in [0.1, 0.15) is 82.2 Å². The molecule has 62 heavy (non-hydrogen) atoms. The van der Waals surface area contributed by atoms with Gasteiger partial charge in [0.1, 0.15) is 0 Å². The molecular formula is C58H49BN2S. The Morgan fingerprint density at radius 1 is 0.581 bits per heavy atom. The smallest absolute Gasteiger partial charge is 0.198 e. The molecule has 0 spiro atoms. The molecule has 1 aliphatic heterocycles. The molecule has 0 radical (unpaired) electrons. The van der Waals surface area contributed by atoms with E-state index in [1.165, 1.54) is 144 Å². The van der Waals surface area contributed by atoms with E-state index in [1.807, 2.05) is 11.3 Å². The molecule has 0 saturated heterocycles. The summed E-state index contributed by atoms with van der Waals surface area (Å²) in [5, 5.41) is 12.1. The number of para-hydroxylation sites is 1. The minimum atomic E-state index is -0.231. The van der Waals surface area contributed by atoms with Crippen molar-refractivity contribution in [2.45, 2.75) is 77.6 Å². The van der Waals surface area contributed by atoms with Crippen LogP contribution in [0.25, 0.3) is 80.7 Å². The number of thiophene rings is 1. The highest BCUT2D eigenvalue weighted by atomic mass is 32.1. The molecule has 13 rings (SSSR count). The van der Waals surface area contributed by atoms with Crippen molar-refractivity contribution < 1.29 is 0 Å². The van der Waals surface area contributed by atoms with Gasteiger partial charge in [-0.15, -0.1) is 11.3 Å². The molecule has 0 bridgehead atoms. The van der Waals surface area contributed by atoms with Crippen LogP contribution in [-0.4, -0.2) is 11.8 Å². The van der Waals surface area contributed by atoms with E-state index in [2.05, 4.69) is 192 Å². The molecular weight excluding hydrogens is 768 g/mol. The molecule has 1 N–H and O–H groups in total. The Morgan fingerprint density at radius 3 is 2.11 bits per heavy atom. The summed E-state index contributed by atoms with van der Waals surface area (Å²) in [7, 11) is 0.861. The van der Waals surface area contributed by atoms with Gasteiger partial charge >= 0.3 is 0 Å². The highest BCUT2D eigenvalue weighted by molar-refractivity contribution is 7.26. The van der Waals surface area contributed by atoms with Crippen molar-refractivity contribution in [2.24, 2.45) is 0 Å². The predicted octanol–water partition coefficient (Wildman–Crippen LogP) is 14.4. The summed E-state index contributed by atoms with van der Waals surface area (Å²) >= 11 is 1.95. The number of fused-ring (bicyclic) bond motifs is 13. The summed E-state index contributed by atoms with van der Waals surface area (Å²) in [4.78, 5) is 0. The molecule has 2 aromatic heterocycles. The van der Waals surface area contributed by atoms with Gasteiger partial charge in [0.2, 0.25) is 0 Å². The predicted molar refractivity (Wildman–Crippen MR) is 270 cm³/mol. The first-order valence-corrected chi connectivity index (χ1v) is 23.3. The van der Waals surface area contributed by atoms with Gasteiger partial charge in [0, 0.05) is 64.5 Å². The molecule has 0 unspecified atom stereocenters. The van der Waals surface area contributed by atoms with Crippen LogP contribution in [-0.2, 0) is 16.2 Å². The van der Waals surface area contributed by atoms with Crippen molar-refractivity contribution in [1.82, 2.24) is 4.57 Å². The van der Waals surface area contributed by atoms with Crippen molar-refractivity contribution in [3.63, 3.8) is 0 Å². The molecule has 2 aliphatic carbocycles. The van der Waals surface area contributed by atoms with Crippen molar-refractivity contribution in [3.05, 3.63) is 161 Å². The van der Waals surface area contributed by atoms with Gasteiger partial charge in [-0.3, -0.25) is 0 Å². The van der Waals surface area contributed by atoms with Crippen molar-refractivity contribution in [2.75, 3.05) is 5.32 Å². The molecule has 0 saturated carbocycles. The van der Waals surface area contributed by atoms with E-state index in [4.69, 9.17) is 0 Å². The monoisotopic (exact) mass is 816 g/mol. The van der Waals surface area contributed by atoms with Crippen LogP contribution < -0.4 is 16.2 Å². The third-order valence-electron chi connectivity index (χ3n) is 15.5. The fourth-order valence-electron chi connectivity index (χ4n) is 12.2. The zero-order valence-electron chi connectivity index (χ0n) is 36.7. The number of benzene rings is 8. The molecule has 300 valence electrons. The lowest BCUT2D eigenvalue weighted by atomic mass is 9.57. The Balaban J connectivity index is 1.17. The van der Waals surface area contributed by atoms with E-state index in [1.54, 1.807) is 0 Å².